The number of halogens is 3. The van der Waals surface area contributed by atoms with Crippen LogP contribution in [0.3, 0.4) is 0 Å². The van der Waals surface area contributed by atoms with Crippen molar-refractivity contribution in [2.75, 3.05) is 0 Å². The van der Waals surface area contributed by atoms with Gasteiger partial charge in [-0.2, -0.15) is 0 Å². The predicted molar refractivity (Wildman–Crippen MR) is 87.1 cm³/mol. The zero-order valence-electron chi connectivity index (χ0n) is 11.5. The summed E-state index contributed by atoms with van der Waals surface area (Å²) in [6, 6.07) is 5.05. The van der Waals surface area contributed by atoms with Gasteiger partial charge in [-0.3, -0.25) is 0 Å². The van der Waals surface area contributed by atoms with Gasteiger partial charge in [-0.25, -0.2) is 9.37 Å². The van der Waals surface area contributed by atoms with Crippen LogP contribution in [-0.4, -0.2) is 9.55 Å². The Morgan fingerprint density at radius 2 is 2.19 bits per heavy atom. The molecular formula is C15H13Cl2FN2S. The molecule has 0 aliphatic carbocycles. The molecule has 1 aromatic carbocycles. The average Bonchev–Trinajstić information content (AvgIpc) is 2.97. The smallest absolute Gasteiger partial charge is 0.144 e. The van der Waals surface area contributed by atoms with Crippen molar-refractivity contribution in [1.82, 2.24) is 9.55 Å². The summed E-state index contributed by atoms with van der Waals surface area (Å²) in [5.41, 5.74) is 2.61. The van der Waals surface area contributed by atoms with E-state index in [-0.39, 0.29) is 10.4 Å². The molecule has 0 saturated heterocycles. The van der Waals surface area contributed by atoms with Crippen LogP contribution in [0.15, 0.2) is 23.6 Å². The third-order valence-corrected chi connectivity index (χ3v) is 4.94. The Hall–Kier alpha value is -1.10. The summed E-state index contributed by atoms with van der Waals surface area (Å²) in [6.07, 6.45) is 0. The van der Waals surface area contributed by atoms with Gasteiger partial charge in [0, 0.05) is 10.9 Å². The van der Waals surface area contributed by atoms with Crippen molar-refractivity contribution in [3.05, 3.63) is 50.7 Å². The second-order valence-electron chi connectivity index (χ2n) is 4.95. The van der Waals surface area contributed by atoms with Gasteiger partial charge < -0.3 is 4.57 Å². The number of thiophene rings is 1. The second-order valence-corrected chi connectivity index (χ2v) is 7.02. The van der Waals surface area contributed by atoms with Crippen LogP contribution in [0.25, 0.3) is 11.0 Å². The van der Waals surface area contributed by atoms with Crippen molar-refractivity contribution in [3.8, 4) is 0 Å². The number of aromatic nitrogens is 2. The molecular weight excluding hydrogens is 330 g/mol. The molecule has 0 radical (unpaired) electrons. The zero-order valence-corrected chi connectivity index (χ0v) is 13.9. The Kier molecular flexibility index (Phi) is 3.95. The average molecular weight is 343 g/mol. The van der Waals surface area contributed by atoms with Gasteiger partial charge in [-0.05, 0) is 36.9 Å². The van der Waals surface area contributed by atoms with Gasteiger partial charge in [0.1, 0.15) is 11.6 Å². The predicted octanol–water partition coefficient (Wildman–Crippen LogP) is 5.55. The van der Waals surface area contributed by atoms with Crippen LogP contribution in [0.5, 0.6) is 0 Å². The maximum absolute atomic E-state index is 13.6. The molecule has 3 aromatic rings. The van der Waals surface area contributed by atoms with E-state index < -0.39 is 5.82 Å². The monoisotopic (exact) mass is 342 g/mol. The van der Waals surface area contributed by atoms with E-state index in [1.165, 1.54) is 16.5 Å². The van der Waals surface area contributed by atoms with Gasteiger partial charge in [0.15, 0.2) is 0 Å². The highest BCUT2D eigenvalue weighted by molar-refractivity contribution is 7.10. The van der Waals surface area contributed by atoms with Crippen LogP contribution < -0.4 is 0 Å². The number of hydrogen-bond donors (Lipinski definition) is 0. The molecule has 3 rings (SSSR count). The molecule has 0 fully saturated rings. The molecule has 1 atom stereocenters. The molecule has 2 heterocycles. The summed E-state index contributed by atoms with van der Waals surface area (Å²) in [5, 5.41) is 1.89. The molecule has 0 amide bonds. The Labute approximate surface area is 136 Å². The van der Waals surface area contributed by atoms with E-state index in [2.05, 4.69) is 23.4 Å². The number of hydrogen-bond acceptors (Lipinski definition) is 2. The molecule has 2 aromatic heterocycles. The number of alkyl halides is 1. The van der Waals surface area contributed by atoms with Gasteiger partial charge in [0.2, 0.25) is 0 Å². The van der Waals surface area contributed by atoms with Gasteiger partial charge in [-0.1, -0.05) is 11.6 Å². The standard InChI is InChI=1S/C15H13Cl2FN2S/c1-8-3-4-21-14(8)7-20-13-5-10(17)11(18)6-12(13)19-15(20)9(2)16/h3-6,9H,7H2,1-2H3. The lowest BCUT2D eigenvalue weighted by Crippen LogP contribution is -2.05. The van der Waals surface area contributed by atoms with Crippen LogP contribution in [0.4, 0.5) is 4.39 Å². The first kappa shape index (κ1) is 14.8. The first-order valence-electron chi connectivity index (χ1n) is 6.49. The molecule has 0 N–H and O–H groups in total. The van der Waals surface area contributed by atoms with Crippen LogP contribution in [0.2, 0.25) is 5.02 Å². The van der Waals surface area contributed by atoms with E-state index in [1.807, 2.05) is 11.5 Å². The SMILES string of the molecule is Cc1ccsc1Cn1c(C(C)Cl)nc2cc(F)c(Cl)cc21. The maximum Gasteiger partial charge on any atom is 0.144 e. The third-order valence-electron chi connectivity index (χ3n) is 3.45. The summed E-state index contributed by atoms with van der Waals surface area (Å²) in [5.74, 6) is 0.260. The van der Waals surface area contributed by atoms with Crippen molar-refractivity contribution < 1.29 is 4.39 Å². The zero-order chi connectivity index (χ0) is 15.1. The van der Waals surface area contributed by atoms with E-state index in [1.54, 1.807) is 17.4 Å². The molecule has 0 aliphatic heterocycles. The topological polar surface area (TPSA) is 17.8 Å². The minimum Gasteiger partial charge on any atom is -0.321 e. The number of imidazole rings is 1. The van der Waals surface area contributed by atoms with Gasteiger partial charge in [0.05, 0.1) is 28.0 Å². The second kappa shape index (κ2) is 5.59. The minimum absolute atomic E-state index is 0.0975. The summed E-state index contributed by atoms with van der Waals surface area (Å²) in [4.78, 5) is 5.69. The first-order chi connectivity index (χ1) is 9.97. The number of nitrogens with zero attached hydrogens (tertiary/aromatic N) is 2. The van der Waals surface area contributed by atoms with Crippen molar-refractivity contribution in [1.29, 1.82) is 0 Å². The molecule has 2 nitrogen and oxygen atoms in total. The Morgan fingerprint density at radius 1 is 1.43 bits per heavy atom. The first-order valence-corrected chi connectivity index (χ1v) is 8.19. The number of rotatable bonds is 3. The highest BCUT2D eigenvalue weighted by Crippen LogP contribution is 2.30. The van der Waals surface area contributed by atoms with E-state index in [0.29, 0.717) is 12.1 Å². The minimum atomic E-state index is -0.463. The van der Waals surface area contributed by atoms with Gasteiger partial charge in [-0.15, -0.1) is 22.9 Å². The maximum atomic E-state index is 13.6. The molecule has 0 aliphatic rings. The summed E-state index contributed by atoms with van der Waals surface area (Å²) >= 11 is 13.8. The van der Waals surface area contributed by atoms with E-state index in [9.17, 15) is 4.39 Å². The molecule has 6 heteroatoms. The highest BCUT2D eigenvalue weighted by atomic mass is 35.5. The van der Waals surface area contributed by atoms with E-state index in [4.69, 9.17) is 23.2 Å². The Balaban J connectivity index is 2.20. The van der Waals surface area contributed by atoms with E-state index in [0.717, 1.165) is 11.3 Å². The fourth-order valence-corrected chi connectivity index (χ4v) is 3.54. The van der Waals surface area contributed by atoms with Crippen LogP contribution in [-0.2, 0) is 6.54 Å². The number of fused-ring (bicyclic) bond motifs is 1. The van der Waals surface area contributed by atoms with Crippen LogP contribution in [0, 0.1) is 12.7 Å². The normalized spacial score (nSPS) is 13.0. The van der Waals surface area contributed by atoms with Crippen LogP contribution >= 0.6 is 34.5 Å². The Morgan fingerprint density at radius 3 is 2.81 bits per heavy atom. The largest absolute Gasteiger partial charge is 0.321 e. The number of aryl methyl sites for hydroxylation is 1. The highest BCUT2D eigenvalue weighted by Gasteiger charge is 2.18. The molecule has 21 heavy (non-hydrogen) atoms. The summed E-state index contributed by atoms with van der Waals surface area (Å²) in [7, 11) is 0. The van der Waals surface area contributed by atoms with Crippen LogP contribution in [0.1, 0.15) is 28.6 Å². The van der Waals surface area contributed by atoms with Gasteiger partial charge >= 0.3 is 0 Å². The van der Waals surface area contributed by atoms with Crippen molar-refractivity contribution in [2.24, 2.45) is 0 Å². The molecule has 0 saturated carbocycles. The molecule has 1 unspecified atom stereocenters. The third kappa shape index (κ3) is 2.68. The fraction of sp³-hybridized carbons (Fsp3) is 0.267. The molecule has 110 valence electrons. The molecule has 0 spiro atoms. The number of benzene rings is 1. The van der Waals surface area contributed by atoms with Gasteiger partial charge in [0.25, 0.3) is 0 Å². The lowest BCUT2D eigenvalue weighted by molar-refractivity contribution is 0.629. The van der Waals surface area contributed by atoms with Crippen molar-refractivity contribution in [2.45, 2.75) is 25.8 Å². The van der Waals surface area contributed by atoms with Crippen molar-refractivity contribution in [3.63, 3.8) is 0 Å². The lowest BCUT2D eigenvalue weighted by Gasteiger charge is -2.10. The summed E-state index contributed by atoms with van der Waals surface area (Å²) in [6.45, 7) is 4.59. The molecule has 0 bridgehead atoms. The fourth-order valence-electron chi connectivity index (χ4n) is 2.32. The lowest BCUT2D eigenvalue weighted by atomic mass is 10.2. The van der Waals surface area contributed by atoms with E-state index >= 15 is 0 Å². The van der Waals surface area contributed by atoms with Crippen molar-refractivity contribution >= 4 is 45.6 Å². The Bertz CT molecular complexity index is 807. The summed E-state index contributed by atoms with van der Waals surface area (Å²) < 4.78 is 15.6. The quantitative estimate of drug-likeness (QED) is 0.571.